The molecule has 0 radical (unpaired) electrons. The summed E-state index contributed by atoms with van der Waals surface area (Å²) in [5.74, 6) is -0.612. The fourth-order valence-corrected chi connectivity index (χ4v) is 4.57. The summed E-state index contributed by atoms with van der Waals surface area (Å²) in [7, 11) is 0. The summed E-state index contributed by atoms with van der Waals surface area (Å²) in [6.07, 6.45) is 1.94. The average Bonchev–Trinajstić information content (AvgIpc) is 2.81. The number of carbonyl (C=O) groups is 3. The van der Waals surface area contributed by atoms with Crippen molar-refractivity contribution in [2.45, 2.75) is 64.6 Å². The van der Waals surface area contributed by atoms with Crippen molar-refractivity contribution in [3.63, 3.8) is 0 Å². The molecule has 0 heterocycles. The molecule has 37 heavy (non-hydrogen) atoms. The highest BCUT2D eigenvalue weighted by molar-refractivity contribution is 6.00. The maximum absolute atomic E-state index is 13.9. The van der Waals surface area contributed by atoms with Crippen molar-refractivity contribution in [3.05, 3.63) is 77.9 Å². The molecule has 0 bridgehead atoms. The van der Waals surface area contributed by atoms with Gasteiger partial charge in [0.05, 0.1) is 0 Å². The highest BCUT2D eigenvalue weighted by Crippen LogP contribution is 2.35. The van der Waals surface area contributed by atoms with Gasteiger partial charge in [-0.15, -0.1) is 0 Å². The zero-order valence-corrected chi connectivity index (χ0v) is 21.9. The Morgan fingerprint density at radius 1 is 0.973 bits per heavy atom. The molecule has 1 atom stereocenters. The predicted octanol–water partition coefficient (Wildman–Crippen LogP) is 5.73. The van der Waals surface area contributed by atoms with Crippen LogP contribution < -0.4 is 10.6 Å². The van der Waals surface area contributed by atoms with Gasteiger partial charge in [0, 0.05) is 11.7 Å². The Morgan fingerprint density at radius 2 is 1.65 bits per heavy atom. The number of ether oxygens (including phenoxy) is 1. The van der Waals surface area contributed by atoms with E-state index in [1.54, 1.807) is 25.7 Å². The number of carbonyl (C=O) groups excluding carboxylic acids is 3. The van der Waals surface area contributed by atoms with Crippen LogP contribution >= 0.6 is 0 Å². The van der Waals surface area contributed by atoms with Crippen molar-refractivity contribution < 1.29 is 19.1 Å². The van der Waals surface area contributed by atoms with Crippen LogP contribution in [0.1, 0.15) is 57.2 Å². The van der Waals surface area contributed by atoms with E-state index in [0.717, 1.165) is 41.2 Å². The molecule has 194 valence electrons. The largest absolute Gasteiger partial charge is 0.444 e. The number of alkyl carbamates (subject to hydrolysis) is 1. The van der Waals surface area contributed by atoms with E-state index in [-0.39, 0.29) is 24.4 Å². The number of rotatable bonds is 7. The Bertz CT molecular complexity index is 1290. The first kappa shape index (κ1) is 26.2. The number of fused-ring (bicyclic) bond motifs is 1. The van der Waals surface area contributed by atoms with Crippen molar-refractivity contribution in [2.24, 2.45) is 0 Å². The summed E-state index contributed by atoms with van der Waals surface area (Å²) in [4.78, 5) is 41.4. The number of hydrogen-bond acceptors (Lipinski definition) is 4. The molecule has 0 spiro atoms. The van der Waals surface area contributed by atoms with Gasteiger partial charge in [-0.3, -0.25) is 9.59 Å². The van der Waals surface area contributed by atoms with E-state index in [1.165, 1.54) is 0 Å². The van der Waals surface area contributed by atoms with Gasteiger partial charge < -0.3 is 20.3 Å². The maximum atomic E-state index is 13.9. The van der Waals surface area contributed by atoms with Gasteiger partial charge in [0.1, 0.15) is 18.2 Å². The molecule has 1 aliphatic carbocycles. The number of anilines is 1. The minimum absolute atomic E-state index is 0.0834. The van der Waals surface area contributed by atoms with Crippen molar-refractivity contribution in [3.8, 4) is 0 Å². The molecule has 0 aromatic heterocycles. The lowest BCUT2D eigenvalue weighted by atomic mass is 9.88. The van der Waals surface area contributed by atoms with Crippen LogP contribution in [0, 0.1) is 6.92 Å². The van der Waals surface area contributed by atoms with Crippen LogP contribution in [0.15, 0.2) is 66.7 Å². The number of hydrogen-bond donors (Lipinski definition) is 2. The molecule has 0 saturated heterocycles. The third kappa shape index (κ3) is 6.47. The summed E-state index contributed by atoms with van der Waals surface area (Å²) in [6.45, 7) is 6.98. The summed E-state index contributed by atoms with van der Waals surface area (Å²) < 4.78 is 5.29. The second-order valence-corrected chi connectivity index (χ2v) is 10.6. The van der Waals surface area contributed by atoms with E-state index in [1.807, 2.05) is 73.7 Å². The normalized spacial score (nSPS) is 14.4. The Labute approximate surface area is 218 Å². The lowest BCUT2D eigenvalue weighted by molar-refractivity contribution is -0.143. The molecule has 0 aliphatic heterocycles. The van der Waals surface area contributed by atoms with Crippen LogP contribution in [0.3, 0.4) is 0 Å². The fourth-order valence-electron chi connectivity index (χ4n) is 4.57. The molecule has 1 unspecified atom stereocenters. The standard InChI is InChI=1S/C30H35N3O4/c1-20-10-5-8-15-25(20)27(28(35)32-23-17-16-21-11-6-7-12-22(21)18-23)33(24-13-9-14-24)26(34)19-31-29(36)37-30(2,3)4/h5-8,10-12,15-18,24,27H,9,13-14,19H2,1-4H3,(H,31,36)(H,32,35). The third-order valence-corrected chi connectivity index (χ3v) is 6.57. The monoisotopic (exact) mass is 501 g/mol. The number of nitrogens with one attached hydrogen (secondary N) is 2. The number of aryl methyl sites for hydroxylation is 1. The van der Waals surface area contributed by atoms with Crippen molar-refractivity contribution >= 4 is 34.4 Å². The highest BCUT2D eigenvalue weighted by Gasteiger charge is 2.39. The molecule has 7 nitrogen and oxygen atoms in total. The van der Waals surface area contributed by atoms with Crippen LogP contribution in [0.2, 0.25) is 0 Å². The van der Waals surface area contributed by atoms with Gasteiger partial charge in [0.25, 0.3) is 5.91 Å². The summed E-state index contributed by atoms with van der Waals surface area (Å²) >= 11 is 0. The number of benzene rings is 3. The van der Waals surface area contributed by atoms with Gasteiger partial charge >= 0.3 is 6.09 Å². The van der Waals surface area contributed by atoms with Gasteiger partial charge in [-0.25, -0.2) is 4.79 Å². The van der Waals surface area contributed by atoms with Crippen LogP contribution in [0.5, 0.6) is 0 Å². The second kappa shape index (κ2) is 11.0. The van der Waals surface area contributed by atoms with E-state index in [9.17, 15) is 14.4 Å². The average molecular weight is 502 g/mol. The van der Waals surface area contributed by atoms with Crippen molar-refractivity contribution in [1.29, 1.82) is 0 Å². The molecule has 2 N–H and O–H groups in total. The first-order valence-corrected chi connectivity index (χ1v) is 12.8. The van der Waals surface area contributed by atoms with Crippen LogP contribution in [0.4, 0.5) is 10.5 Å². The quantitative estimate of drug-likeness (QED) is 0.433. The van der Waals surface area contributed by atoms with Gasteiger partial charge in [-0.1, -0.05) is 54.6 Å². The van der Waals surface area contributed by atoms with Crippen molar-refractivity contribution in [1.82, 2.24) is 10.2 Å². The highest BCUT2D eigenvalue weighted by atomic mass is 16.6. The van der Waals surface area contributed by atoms with Crippen LogP contribution in [-0.4, -0.2) is 41.0 Å². The Hall–Kier alpha value is -3.87. The zero-order chi connectivity index (χ0) is 26.6. The van der Waals surface area contributed by atoms with E-state index in [4.69, 9.17) is 4.74 Å². The van der Waals surface area contributed by atoms with Crippen molar-refractivity contribution in [2.75, 3.05) is 11.9 Å². The summed E-state index contributed by atoms with van der Waals surface area (Å²) in [5, 5.41) is 7.71. The van der Waals surface area contributed by atoms with Gasteiger partial charge in [-0.2, -0.15) is 0 Å². The lowest BCUT2D eigenvalue weighted by Gasteiger charge is -2.42. The zero-order valence-electron chi connectivity index (χ0n) is 21.9. The Kier molecular flexibility index (Phi) is 7.81. The van der Waals surface area contributed by atoms with Gasteiger partial charge in [-0.05, 0) is 81.0 Å². The molecule has 3 amide bonds. The van der Waals surface area contributed by atoms with E-state index in [2.05, 4.69) is 10.6 Å². The minimum Gasteiger partial charge on any atom is -0.444 e. The fraction of sp³-hybridized carbons (Fsp3) is 0.367. The van der Waals surface area contributed by atoms with E-state index in [0.29, 0.717) is 5.69 Å². The lowest BCUT2D eigenvalue weighted by Crippen LogP contribution is -2.53. The Balaban J connectivity index is 1.63. The second-order valence-electron chi connectivity index (χ2n) is 10.6. The molecule has 1 saturated carbocycles. The third-order valence-electron chi connectivity index (χ3n) is 6.57. The predicted molar refractivity (Wildman–Crippen MR) is 145 cm³/mol. The van der Waals surface area contributed by atoms with E-state index >= 15 is 0 Å². The first-order valence-electron chi connectivity index (χ1n) is 12.8. The molecule has 3 aromatic rings. The van der Waals surface area contributed by atoms with Crippen LogP contribution in [0.25, 0.3) is 10.8 Å². The smallest absolute Gasteiger partial charge is 0.408 e. The molecular formula is C30H35N3O4. The first-order chi connectivity index (χ1) is 17.6. The van der Waals surface area contributed by atoms with Gasteiger partial charge in [0.15, 0.2) is 0 Å². The summed E-state index contributed by atoms with van der Waals surface area (Å²) in [6, 6.07) is 20.4. The maximum Gasteiger partial charge on any atom is 0.408 e. The molecule has 7 heteroatoms. The Morgan fingerprint density at radius 3 is 2.30 bits per heavy atom. The molecule has 4 rings (SSSR count). The summed E-state index contributed by atoms with van der Waals surface area (Å²) in [5.41, 5.74) is 1.66. The molecular weight excluding hydrogens is 466 g/mol. The van der Waals surface area contributed by atoms with E-state index < -0.39 is 17.7 Å². The molecule has 1 aliphatic rings. The van der Waals surface area contributed by atoms with Crippen LogP contribution in [-0.2, 0) is 14.3 Å². The minimum atomic E-state index is -0.842. The number of nitrogens with zero attached hydrogens (tertiary/aromatic N) is 1. The SMILES string of the molecule is Cc1ccccc1C(C(=O)Nc1ccc2ccccc2c1)N(C(=O)CNC(=O)OC(C)(C)C)C1CCC1. The number of amides is 3. The molecule has 3 aromatic carbocycles. The molecule has 1 fully saturated rings. The topological polar surface area (TPSA) is 87.7 Å². The van der Waals surface area contributed by atoms with Gasteiger partial charge in [0.2, 0.25) is 5.91 Å².